The van der Waals surface area contributed by atoms with Crippen molar-refractivity contribution in [1.82, 2.24) is 5.32 Å². The lowest BCUT2D eigenvalue weighted by molar-refractivity contribution is 0.0140. The van der Waals surface area contributed by atoms with E-state index in [1.54, 1.807) is 7.05 Å². The summed E-state index contributed by atoms with van der Waals surface area (Å²) in [6.07, 6.45) is -1.87. The summed E-state index contributed by atoms with van der Waals surface area (Å²) in [6.45, 7) is 0.536. The Labute approximate surface area is 110 Å². The molecular weight excluding hydrogens is 258 g/mol. The Morgan fingerprint density at radius 1 is 1.44 bits per heavy atom. The molecule has 1 aromatic carbocycles. The number of nitrogens with one attached hydrogen (secondary N) is 1. The molecule has 5 nitrogen and oxygen atoms in total. The van der Waals surface area contributed by atoms with E-state index >= 15 is 0 Å². The number of carboxylic acids is 1. The topological polar surface area (TPSA) is 89.8 Å². The van der Waals surface area contributed by atoms with Crippen molar-refractivity contribution >= 4 is 17.6 Å². The molecule has 0 amide bonds. The maximum atomic E-state index is 10.8. The smallest absolute Gasteiger partial charge is 0.335 e. The third kappa shape index (κ3) is 3.68. The highest BCUT2D eigenvalue weighted by Crippen LogP contribution is 2.27. The Morgan fingerprint density at radius 2 is 2.11 bits per heavy atom. The molecule has 0 spiro atoms. The Kier molecular flexibility index (Phi) is 5.55. The second-order valence-electron chi connectivity index (χ2n) is 3.95. The van der Waals surface area contributed by atoms with Gasteiger partial charge in [0.2, 0.25) is 0 Å². The first-order valence-corrected chi connectivity index (χ1v) is 5.88. The summed E-state index contributed by atoms with van der Waals surface area (Å²) in [4.78, 5) is 10.8. The molecule has 0 fully saturated rings. The van der Waals surface area contributed by atoms with Crippen LogP contribution < -0.4 is 5.32 Å². The van der Waals surface area contributed by atoms with Gasteiger partial charge in [-0.05, 0) is 38.2 Å². The summed E-state index contributed by atoms with van der Waals surface area (Å²) in [7, 11) is 1.73. The molecule has 2 unspecified atom stereocenters. The molecule has 18 heavy (non-hydrogen) atoms. The predicted molar refractivity (Wildman–Crippen MR) is 67.9 cm³/mol. The largest absolute Gasteiger partial charge is 0.478 e. The van der Waals surface area contributed by atoms with Gasteiger partial charge in [0.15, 0.2) is 0 Å². The van der Waals surface area contributed by atoms with E-state index in [4.69, 9.17) is 16.7 Å². The van der Waals surface area contributed by atoms with Crippen molar-refractivity contribution in [2.75, 3.05) is 13.6 Å². The molecule has 6 heteroatoms. The molecule has 0 bridgehead atoms. The van der Waals surface area contributed by atoms with Crippen LogP contribution in [0, 0.1) is 0 Å². The third-order valence-corrected chi connectivity index (χ3v) is 2.96. The van der Waals surface area contributed by atoms with E-state index in [1.165, 1.54) is 18.2 Å². The number of carboxylic acid groups (broad SMARTS) is 1. The lowest BCUT2D eigenvalue weighted by atomic mass is 10.00. The van der Waals surface area contributed by atoms with Gasteiger partial charge in [0, 0.05) is 10.6 Å². The van der Waals surface area contributed by atoms with Crippen LogP contribution in [-0.4, -0.2) is 41.0 Å². The van der Waals surface area contributed by atoms with Crippen molar-refractivity contribution in [2.24, 2.45) is 0 Å². The normalized spacial score (nSPS) is 14.2. The molecule has 0 saturated heterocycles. The first-order chi connectivity index (χ1) is 8.47. The summed E-state index contributed by atoms with van der Waals surface area (Å²) in [5.74, 6) is -1.11. The second kappa shape index (κ2) is 6.70. The predicted octanol–water partition coefficient (Wildman–Crippen LogP) is 1.04. The van der Waals surface area contributed by atoms with Crippen molar-refractivity contribution in [1.29, 1.82) is 0 Å². The fraction of sp³-hybridized carbons (Fsp3) is 0.417. The maximum absolute atomic E-state index is 10.8. The fourth-order valence-electron chi connectivity index (χ4n) is 1.56. The van der Waals surface area contributed by atoms with Gasteiger partial charge in [-0.1, -0.05) is 11.6 Å². The first kappa shape index (κ1) is 14.9. The van der Waals surface area contributed by atoms with Gasteiger partial charge in [-0.15, -0.1) is 0 Å². The number of benzene rings is 1. The van der Waals surface area contributed by atoms with Gasteiger partial charge >= 0.3 is 5.97 Å². The van der Waals surface area contributed by atoms with E-state index in [-0.39, 0.29) is 16.1 Å². The van der Waals surface area contributed by atoms with E-state index in [1.807, 2.05) is 0 Å². The third-order valence-electron chi connectivity index (χ3n) is 2.62. The monoisotopic (exact) mass is 273 g/mol. The van der Waals surface area contributed by atoms with Gasteiger partial charge in [-0.2, -0.15) is 0 Å². The number of aromatic carboxylic acids is 1. The van der Waals surface area contributed by atoms with Gasteiger partial charge in [0.1, 0.15) is 6.10 Å². The highest BCUT2D eigenvalue weighted by atomic mass is 35.5. The van der Waals surface area contributed by atoms with Gasteiger partial charge in [0.25, 0.3) is 0 Å². The van der Waals surface area contributed by atoms with E-state index < -0.39 is 18.2 Å². The number of carbonyl (C=O) groups is 1. The lowest BCUT2D eigenvalue weighted by Crippen LogP contribution is -2.23. The van der Waals surface area contributed by atoms with Crippen LogP contribution in [0.5, 0.6) is 0 Å². The number of rotatable bonds is 6. The zero-order valence-corrected chi connectivity index (χ0v) is 10.7. The van der Waals surface area contributed by atoms with Crippen molar-refractivity contribution in [2.45, 2.75) is 18.6 Å². The Bertz CT molecular complexity index is 425. The van der Waals surface area contributed by atoms with Crippen LogP contribution in [0.1, 0.15) is 28.4 Å². The molecular formula is C12H16ClNO4. The van der Waals surface area contributed by atoms with Crippen LogP contribution in [0.2, 0.25) is 5.02 Å². The molecule has 0 heterocycles. The van der Waals surface area contributed by atoms with Crippen LogP contribution in [0.15, 0.2) is 18.2 Å². The number of hydrogen-bond donors (Lipinski definition) is 4. The quantitative estimate of drug-likeness (QED) is 0.622. The summed E-state index contributed by atoms with van der Waals surface area (Å²) < 4.78 is 0. The molecule has 0 radical (unpaired) electrons. The van der Waals surface area contributed by atoms with Crippen LogP contribution >= 0.6 is 11.6 Å². The number of aliphatic hydroxyl groups excluding tert-OH is 2. The molecule has 0 aliphatic rings. The average molecular weight is 274 g/mol. The minimum atomic E-state index is -1.20. The molecule has 1 aromatic rings. The van der Waals surface area contributed by atoms with Gasteiger partial charge in [-0.25, -0.2) is 4.79 Å². The first-order valence-electron chi connectivity index (χ1n) is 5.50. The fourth-order valence-corrected chi connectivity index (χ4v) is 1.79. The van der Waals surface area contributed by atoms with E-state index in [0.29, 0.717) is 13.0 Å². The zero-order valence-electron chi connectivity index (χ0n) is 9.93. The van der Waals surface area contributed by atoms with Gasteiger partial charge < -0.3 is 20.6 Å². The standard InChI is InChI=1S/C12H16ClNO4/c1-14-5-4-10(15)11(16)8-6-7(12(17)18)2-3-9(8)13/h2-3,6,10-11,14-16H,4-5H2,1H3,(H,17,18). The molecule has 0 saturated carbocycles. The van der Waals surface area contributed by atoms with E-state index in [9.17, 15) is 15.0 Å². The lowest BCUT2D eigenvalue weighted by Gasteiger charge is -2.19. The van der Waals surface area contributed by atoms with Gasteiger partial charge in [0.05, 0.1) is 11.7 Å². The Balaban J connectivity index is 2.93. The Hall–Kier alpha value is -1.14. The summed E-state index contributed by atoms with van der Waals surface area (Å²) in [5, 5.41) is 31.7. The van der Waals surface area contributed by atoms with Crippen LogP contribution in [0.4, 0.5) is 0 Å². The molecule has 1 rings (SSSR count). The van der Waals surface area contributed by atoms with Gasteiger partial charge in [-0.3, -0.25) is 0 Å². The van der Waals surface area contributed by atoms with E-state index in [2.05, 4.69) is 5.32 Å². The molecule has 0 aliphatic heterocycles. The van der Waals surface area contributed by atoms with Crippen molar-refractivity contribution in [3.8, 4) is 0 Å². The molecule has 100 valence electrons. The SMILES string of the molecule is CNCCC(O)C(O)c1cc(C(=O)O)ccc1Cl. The highest BCUT2D eigenvalue weighted by molar-refractivity contribution is 6.31. The minimum absolute atomic E-state index is 0.0225. The van der Waals surface area contributed by atoms with Crippen LogP contribution in [0.25, 0.3) is 0 Å². The molecule has 0 aliphatic carbocycles. The molecule has 2 atom stereocenters. The summed E-state index contributed by atoms with van der Waals surface area (Å²) >= 11 is 5.89. The van der Waals surface area contributed by atoms with Crippen LogP contribution in [0.3, 0.4) is 0 Å². The van der Waals surface area contributed by atoms with Crippen molar-refractivity contribution in [3.05, 3.63) is 34.3 Å². The Morgan fingerprint density at radius 3 is 2.67 bits per heavy atom. The van der Waals surface area contributed by atoms with Crippen LogP contribution in [-0.2, 0) is 0 Å². The van der Waals surface area contributed by atoms with Crippen molar-refractivity contribution < 1.29 is 20.1 Å². The second-order valence-corrected chi connectivity index (χ2v) is 4.35. The summed E-state index contributed by atoms with van der Waals surface area (Å²) in [6, 6.07) is 4.02. The highest BCUT2D eigenvalue weighted by Gasteiger charge is 2.21. The van der Waals surface area contributed by atoms with E-state index in [0.717, 1.165) is 0 Å². The zero-order chi connectivity index (χ0) is 13.7. The number of halogens is 1. The number of aliphatic hydroxyl groups is 2. The number of hydrogen-bond acceptors (Lipinski definition) is 4. The molecule has 0 aromatic heterocycles. The van der Waals surface area contributed by atoms with Crippen molar-refractivity contribution in [3.63, 3.8) is 0 Å². The molecule has 4 N–H and O–H groups in total. The average Bonchev–Trinajstić information content (AvgIpc) is 2.35. The minimum Gasteiger partial charge on any atom is -0.478 e. The summed E-state index contributed by atoms with van der Waals surface area (Å²) in [5.41, 5.74) is 0.245. The maximum Gasteiger partial charge on any atom is 0.335 e.